The van der Waals surface area contributed by atoms with Gasteiger partial charge in [0.25, 0.3) is 5.91 Å². The fourth-order valence-electron chi connectivity index (χ4n) is 2.63. The summed E-state index contributed by atoms with van der Waals surface area (Å²) in [5.74, 6) is 0.934. The maximum absolute atomic E-state index is 12.4. The van der Waals surface area contributed by atoms with Crippen molar-refractivity contribution in [3.05, 3.63) is 45.6 Å². The molecule has 1 aromatic carbocycles. The highest BCUT2D eigenvalue weighted by Crippen LogP contribution is 2.29. The van der Waals surface area contributed by atoms with Gasteiger partial charge in [0, 0.05) is 26.2 Å². The number of amides is 1. The second-order valence-corrected chi connectivity index (χ2v) is 6.77. The highest BCUT2D eigenvalue weighted by Gasteiger charge is 2.24. The van der Waals surface area contributed by atoms with E-state index in [1.807, 2.05) is 23.1 Å². The van der Waals surface area contributed by atoms with Crippen molar-refractivity contribution in [3.63, 3.8) is 0 Å². The number of thiophene rings is 1. The van der Waals surface area contributed by atoms with E-state index in [1.165, 1.54) is 11.3 Å². The van der Waals surface area contributed by atoms with Crippen molar-refractivity contribution < 1.29 is 9.53 Å². The van der Waals surface area contributed by atoms with Crippen LogP contribution < -0.4 is 9.64 Å². The normalized spacial score (nSPS) is 15.0. The highest BCUT2D eigenvalue weighted by atomic mass is 35.5. The number of hydrogen-bond acceptors (Lipinski definition) is 4. The lowest BCUT2D eigenvalue weighted by molar-refractivity contribution is 0.0751. The first-order valence-corrected chi connectivity index (χ1v) is 8.31. The van der Waals surface area contributed by atoms with Gasteiger partial charge in [0.05, 0.1) is 22.0 Å². The molecule has 0 bridgehead atoms. The molecule has 0 N–H and O–H groups in total. The first-order chi connectivity index (χ1) is 10.7. The molecule has 22 heavy (non-hydrogen) atoms. The molecule has 1 aromatic heterocycles. The smallest absolute Gasteiger partial charge is 0.264 e. The highest BCUT2D eigenvalue weighted by molar-refractivity contribution is 7.17. The Hall–Kier alpha value is -1.72. The number of methoxy groups -OCH3 is 1. The molecular weight excluding hydrogens is 320 g/mol. The number of benzene rings is 1. The van der Waals surface area contributed by atoms with Crippen LogP contribution >= 0.6 is 22.9 Å². The second-order valence-electron chi connectivity index (χ2n) is 5.05. The Bertz CT molecular complexity index is 666. The van der Waals surface area contributed by atoms with Crippen LogP contribution in [0.25, 0.3) is 0 Å². The van der Waals surface area contributed by atoms with E-state index in [2.05, 4.69) is 11.0 Å². The van der Waals surface area contributed by atoms with Crippen molar-refractivity contribution in [3.8, 4) is 5.75 Å². The van der Waals surface area contributed by atoms with Gasteiger partial charge in [0.2, 0.25) is 0 Å². The molecule has 0 unspecified atom stereocenters. The average molecular weight is 337 g/mol. The third-order valence-corrected chi connectivity index (χ3v) is 5.00. The summed E-state index contributed by atoms with van der Waals surface area (Å²) in [4.78, 5) is 17.3. The molecule has 0 radical (unpaired) electrons. The molecular formula is C16H17ClN2O2S. The molecule has 1 amide bonds. The lowest BCUT2D eigenvalue weighted by atomic mass is 10.2. The van der Waals surface area contributed by atoms with Crippen LogP contribution in [0, 0.1) is 0 Å². The minimum atomic E-state index is 0.0663. The number of ether oxygens (including phenoxy) is 1. The maximum atomic E-state index is 12.4. The van der Waals surface area contributed by atoms with E-state index in [0.717, 1.165) is 24.5 Å². The lowest BCUT2D eigenvalue weighted by Gasteiger charge is -2.36. The molecule has 6 heteroatoms. The predicted octanol–water partition coefficient (Wildman–Crippen LogP) is 3.37. The summed E-state index contributed by atoms with van der Waals surface area (Å²) in [6.07, 6.45) is 0. The number of carbonyl (C=O) groups excluding carboxylic acids is 1. The molecule has 2 aromatic rings. The summed E-state index contributed by atoms with van der Waals surface area (Å²) >= 11 is 7.24. The molecule has 3 rings (SSSR count). The number of para-hydroxylation sites is 2. The van der Waals surface area contributed by atoms with Crippen LogP contribution in [0.15, 0.2) is 36.4 Å². The third-order valence-electron chi connectivity index (χ3n) is 3.78. The summed E-state index contributed by atoms with van der Waals surface area (Å²) in [6.45, 7) is 3.00. The molecule has 1 aliphatic heterocycles. The quantitative estimate of drug-likeness (QED) is 0.861. The second kappa shape index (κ2) is 6.58. The van der Waals surface area contributed by atoms with E-state index >= 15 is 0 Å². The zero-order valence-electron chi connectivity index (χ0n) is 12.3. The Morgan fingerprint density at radius 1 is 1.14 bits per heavy atom. The maximum Gasteiger partial charge on any atom is 0.264 e. The van der Waals surface area contributed by atoms with Gasteiger partial charge in [-0.15, -0.1) is 11.3 Å². The van der Waals surface area contributed by atoms with Crippen LogP contribution in [0.3, 0.4) is 0 Å². The Labute approximate surface area is 138 Å². The number of anilines is 1. The van der Waals surface area contributed by atoms with Crippen LogP contribution in [0.5, 0.6) is 5.75 Å². The van der Waals surface area contributed by atoms with Gasteiger partial charge in [-0.2, -0.15) is 0 Å². The zero-order chi connectivity index (χ0) is 15.5. The zero-order valence-corrected chi connectivity index (χ0v) is 13.9. The van der Waals surface area contributed by atoms with Crippen LogP contribution in [-0.2, 0) is 0 Å². The minimum absolute atomic E-state index is 0.0663. The fraction of sp³-hybridized carbons (Fsp3) is 0.312. The van der Waals surface area contributed by atoms with Gasteiger partial charge in [-0.25, -0.2) is 0 Å². The standard InChI is InChI=1S/C16H17ClN2O2S/c1-21-13-5-3-2-4-12(13)18-8-10-19(11-9-18)16(20)14-6-7-15(17)22-14/h2-7H,8-11H2,1H3. The molecule has 116 valence electrons. The van der Waals surface area contributed by atoms with Crippen molar-refractivity contribution in [2.75, 3.05) is 38.2 Å². The van der Waals surface area contributed by atoms with Crippen molar-refractivity contribution >= 4 is 34.5 Å². The number of rotatable bonds is 3. The molecule has 1 saturated heterocycles. The summed E-state index contributed by atoms with van der Waals surface area (Å²) in [5.41, 5.74) is 1.08. The fourth-order valence-corrected chi connectivity index (χ4v) is 3.64. The van der Waals surface area contributed by atoms with E-state index in [1.54, 1.807) is 19.2 Å². The first kappa shape index (κ1) is 15.2. The van der Waals surface area contributed by atoms with Crippen molar-refractivity contribution in [1.82, 2.24) is 4.90 Å². The van der Waals surface area contributed by atoms with E-state index in [4.69, 9.17) is 16.3 Å². The van der Waals surface area contributed by atoms with Gasteiger partial charge < -0.3 is 14.5 Å². The SMILES string of the molecule is COc1ccccc1N1CCN(C(=O)c2ccc(Cl)s2)CC1. The number of carbonyl (C=O) groups is 1. The average Bonchev–Trinajstić information content (AvgIpc) is 3.01. The van der Waals surface area contributed by atoms with Gasteiger partial charge in [-0.3, -0.25) is 4.79 Å². The molecule has 0 saturated carbocycles. The minimum Gasteiger partial charge on any atom is -0.495 e. The van der Waals surface area contributed by atoms with Crippen molar-refractivity contribution in [1.29, 1.82) is 0 Å². The Morgan fingerprint density at radius 3 is 2.50 bits per heavy atom. The van der Waals surface area contributed by atoms with Crippen molar-refractivity contribution in [2.45, 2.75) is 0 Å². The predicted molar refractivity (Wildman–Crippen MR) is 90.4 cm³/mol. The van der Waals surface area contributed by atoms with Crippen molar-refractivity contribution in [2.24, 2.45) is 0 Å². The largest absolute Gasteiger partial charge is 0.495 e. The van der Waals surface area contributed by atoms with Crippen LogP contribution in [0.2, 0.25) is 4.34 Å². The Balaban J connectivity index is 1.66. The topological polar surface area (TPSA) is 32.8 Å². The van der Waals surface area contributed by atoms with E-state index in [-0.39, 0.29) is 5.91 Å². The molecule has 1 fully saturated rings. The molecule has 0 atom stereocenters. The monoisotopic (exact) mass is 336 g/mol. The van der Waals surface area contributed by atoms with Gasteiger partial charge >= 0.3 is 0 Å². The Morgan fingerprint density at radius 2 is 1.86 bits per heavy atom. The molecule has 1 aliphatic rings. The number of hydrogen-bond donors (Lipinski definition) is 0. The van der Waals surface area contributed by atoms with E-state index in [0.29, 0.717) is 22.3 Å². The number of nitrogens with zero attached hydrogens (tertiary/aromatic N) is 2. The summed E-state index contributed by atoms with van der Waals surface area (Å²) < 4.78 is 6.06. The Kier molecular flexibility index (Phi) is 4.55. The number of halogens is 1. The molecule has 4 nitrogen and oxygen atoms in total. The third kappa shape index (κ3) is 3.05. The van der Waals surface area contributed by atoms with E-state index < -0.39 is 0 Å². The molecule has 2 heterocycles. The van der Waals surface area contributed by atoms with Crippen LogP contribution in [0.4, 0.5) is 5.69 Å². The van der Waals surface area contributed by atoms with Gasteiger partial charge in [-0.05, 0) is 24.3 Å². The molecule has 0 spiro atoms. The summed E-state index contributed by atoms with van der Waals surface area (Å²) in [6, 6.07) is 11.5. The van der Waals surface area contributed by atoms with Gasteiger partial charge in [0.15, 0.2) is 0 Å². The van der Waals surface area contributed by atoms with Gasteiger partial charge in [-0.1, -0.05) is 23.7 Å². The first-order valence-electron chi connectivity index (χ1n) is 7.11. The van der Waals surface area contributed by atoms with E-state index in [9.17, 15) is 4.79 Å². The summed E-state index contributed by atoms with van der Waals surface area (Å²) in [5, 5.41) is 0. The number of piperazine rings is 1. The molecule has 0 aliphatic carbocycles. The van der Waals surface area contributed by atoms with Crippen LogP contribution in [0.1, 0.15) is 9.67 Å². The lowest BCUT2D eigenvalue weighted by Crippen LogP contribution is -2.48. The van der Waals surface area contributed by atoms with Crippen LogP contribution in [-0.4, -0.2) is 44.1 Å². The summed E-state index contributed by atoms with van der Waals surface area (Å²) in [7, 11) is 1.68. The van der Waals surface area contributed by atoms with Gasteiger partial charge in [0.1, 0.15) is 5.75 Å².